The van der Waals surface area contributed by atoms with Gasteiger partial charge in [-0.15, -0.1) is 0 Å². The Balaban J connectivity index is 2.49. The lowest BCUT2D eigenvalue weighted by Gasteiger charge is -2.30. The molecule has 6 nitrogen and oxygen atoms in total. The minimum atomic E-state index is -3.94. The van der Waals surface area contributed by atoms with Gasteiger partial charge in [0.2, 0.25) is 15.9 Å². The molecule has 0 aromatic heterocycles. The van der Waals surface area contributed by atoms with Crippen molar-refractivity contribution in [2.45, 2.75) is 37.8 Å². The third-order valence-corrected chi connectivity index (χ3v) is 6.09. The minimum absolute atomic E-state index is 0.0650. The summed E-state index contributed by atoms with van der Waals surface area (Å²) in [6.07, 6.45) is 0.345. The highest BCUT2D eigenvalue weighted by molar-refractivity contribution is 7.89. The molecule has 0 radical (unpaired) electrons. The maximum atomic E-state index is 13.3. The number of ether oxygens (including phenoxy) is 1. The van der Waals surface area contributed by atoms with Crippen molar-refractivity contribution in [1.29, 1.82) is 0 Å². The molecule has 0 aliphatic heterocycles. The molecule has 7 heteroatoms. The summed E-state index contributed by atoms with van der Waals surface area (Å²) in [5.41, 5.74) is 6.38. The number of primary amides is 1. The molecule has 0 saturated carbocycles. The van der Waals surface area contributed by atoms with E-state index < -0.39 is 22.0 Å². The Morgan fingerprint density at radius 3 is 2.15 bits per heavy atom. The molecule has 2 aromatic carbocycles. The number of rotatable bonds is 9. The van der Waals surface area contributed by atoms with Crippen LogP contribution in [0.2, 0.25) is 0 Å². The van der Waals surface area contributed by atoms with Gasteiger partial charge in [0.05, 0.1) is 12.0 Å². The quantitative estimate of drug-likeness (QED) is 0.713. The van der Waals surface area contributed by atoms with E-state index >= 15 is 0 Å². The predicted molar refractivity (Wildman–Crippen MR) is 105 cm³/mol. The van der Waals surface area contributed by atoms with Gasteiger partial charge in [-0.25, -0.2) is 8.42 Å². The lowest BCUT2D eigenvalue weighted by Crippen LogP contribution is -2.48. The zero-order valence-electron chi connectivity index (χ0n) is 15.8. The summed E-state index contributed by atoms with van der Waals surface area (Å²) in [6, 6.07) is 14.3. The van der Waals surface area contributed by atoms with E-state index in [2.05, 4.69) is 0 Å². The molecule has 0 fully saturated rings. The van der Waals surface area contributed by atoms with Crippen LogP contribution in [0.15, 0.2) is 59.5 Å². The number of nitrogens with two attached hydrogens (primary N) is 1. The minimum Gasteiger partial charge on any atom is -0.497 e. The van der Waals surface area contributed by atoms with Crippen molar-refractivity contribution in [3.05, 3.63) is 60.2 Å². The first-order valence-electron chi connectivity index (χ1n) is 8.75. The molecule has 146 valence electrons. The van der Waals surface area contributed by atoms with E-state index in [1.54, 1.807) is 12.1 Å². The second-order valence-electron chi connectivity index (χ2n) is 6.76. The normalized spacial score (nSPS) is 12.9. The number of methoxy groups -OCH3 is 1. The molecule has 2 rings (SSSR count). The van der Waals surface area contributed by atoms with Gasteiger partial charge in [0.15, 0.2) is 0 Å². The van der Waals surface area contributed by atoms with Gasteiger partial charge in [-0.2, -0.15) is 4.31 Å². The van der Waals surface area contributed by atoms with E-state index in [9.17, 15) is 13.2 Å². The van der Waals surface area contributed by atoms with Crippen LogP contribution >= 0.6 is 0 Å². The molecule has 0 saturated heterocycles. The van der Waals surface area contributed by atoms with Crippen LogP contribution in [0, 0.1) is 5.92 Å². The van der Waals surface area contributed by atoms with E-state index in [4.69, 9.17) is 10.5 Å². The molecule has 0 aliphatic carbocycles. The third kappa shape index (κ3) is 5.30. The van der Waals surface area contributed by atoms with Gasteiger partial charge in [-0.3, -0.25) is 4.79 Å². The Labute approximate surface area is 161 Å². The summed E-state index contributed by atoms with van der Waals surface area (Å²) < 4.78 is 33.0. The molecule has 1 amide bonds. The van der Waals surface area contributed by atoms with Crippen LogP contribution in [-0.4, -0.2) is 31.8 Å². The predicted octanol–water partition coefficient (Wildman–Crippen LogP) is 2.79. The monoisotopic (exact) mass is 390 g/mol. The second kappa shape index (κ2) is 9.01. The molecule has 1 atom stereocenters. The van der Waals surface area contributed by atoms with Gasteiger partial charge in [0.25, 0.3) is 0 Å². The van der Waals surface area contributed by atoms with Gasteiger partial charge in [-0.1, -0.05) is 44.2 Å². The fourth-order valence-corrected chi connectivity index (χ4v) is 4.43. The van der Waals surface area contributed by atoms with Crippen LogP contribution < -0.4 is 10.5 Å². The molecular formula is C20H26N2O4S. The molecule has 0 unspecified atom stereocenters. The van der Waals surface area contributed by atoms with E-state index in [1.807, 2.05) is 44.2 Å². The first-order valence-corrected chi connectivity index (χ1v) is 10.2. The van der Waals surface area contributed by atoms with Crippen LogP contribution in [0.1, 0.15) is 25.8 Å². The van der Waals surface area contributed by atoms with Crippen molar-refractivity contribution in [1.82, 2.24) is 4.31 Å². The average molecular weight is 391 g/mol. The fraction of sp³-hybridized carbons (Fsp3) is 0.350. The van der Waals surface area contributed by atoms with Gasteiger partial charge < -0.3 is 10.5 Å². The second-order valence-corrected chi connectivity index (χ2v) is 8.65. The van der Waals surface area contributed by atoms with Crippen molar-refractivity contribution in [3.63, 3.8) is 0 Å². The summed E-state index contributed by atoms with van der Waals surface area (Å²) in [4.78, 5) is 12.2. The molecule has 0 bridgehead atoms. The highest BCUT2D eigenvalue weighted by Crippen LogP contribution is 2.25. The molecule has 0 aliphatic rings. The SMILES string of the molecule is COc1ccc(S(=O)(=O)N(Cc2ccccc2)[C@@H](CC(C)C)C(N)=O)cc1. The van der Waals surface area contributed by atoms with Crippen LogP contribution in [0.5, 0.6) is 5.75 Å². The number of nitrogens with zero attached hydrogens (tertiary/aromatic N) is 1. The Bertz CT molecular complexity index is 849. The summed E-state index contributed by atoms with van der Waals surface area (Å²) >= 11 is 0. The van der Waals surface area contributed by atoms with E-state index in [0.29, 0.717) is 12.2 Å². The first kappa shape index (κ1) is 20.9. The van der Waals surface area contributed by atoms with Crippen LogP contribution in [0.4, 0.5) is 0 Å². The molecule has 2 aromatic rings. The van der Waals surface area contributed by atoms with Gasteiger partial charge in [0.1, 0.15) is 11.8 Å². The fourth-order valence-electron chi connectivity index (χ4n) is 2.83. The maximum Gasteiger partial charge on any atom is 0.244 e. The van der Waals surface area contributed by atoms with E-state index in [0.717, 1.165) is 5.56 Å². The number of hydrogen-bond acceptors (Lipinski definition) is 4. The molecule has 2 N–H and O–H groups in total. The summed E-state index contributed by atoms with van der Waals surface area (Å²) in [5, 5.41) is 0. The average Bonchev–Trinajstić information content (AvgIpc) is 2.65. The molecular weight excluding hydrogens is 364 g/mol. The lowest BCUT2D eigenvalue weighted by molar-refractivity contribution is -0.122. The molecule has 0 spiro atoms. The van der Waals surface area contributed by atoms with Crippen molar-refractivity contribution in [3.8, 4) is 5.75 Å². The number of sulfonamides is 1. The van der Waals surface area contributed by atoms with Crippen LogP contribution in [0.3, 0.4) is 0 Å². The smallest absolute Gasteiger partial charge is 0.244 e. The van der Waals surface area contributed by atoms with Crippen molar-refractivity contribution >= 4 is 15.9 Å². The van der Waals surface area contributed by atoms with Gasteiger partial charge in [-0.05, 0) is 42.2 Å². The van der Waals surface area contributed by atoms with Crippen molar-refractivity contribution < 1.29 is 17.9 Å². The third-order valence-electron chi connectivity index (χ3n) is 4.22. The van der Waals surface area contributed by atoms with Crippen molar-refractivity contribution in [2.75, 3.05) is 7.11 Å². The van der Waals surface area contributed by atoms with E-state index in [1.165, 1.54) is 23.5 Å². The van der Waals surface area contributed by atoms with Crippen LogP contribution in [0.25, 0.3) is 0 Å². The number of amides is 1. The Morgan fingerprint density at radius 2 is 1.67 bits per heavy atom. The zero-order chi connectivity index (χ0) is 20.0. The summed E-state index contributed by atoms with van der Waals surface area (Å²) in [7, 11) is -2.43. The van der Waals surface area contributed by atoms with Gasteiger partial charge >= 0.3 is 0 Å². The first-order chi connectivity index (χ1) is 12.8. The molecule has 27 heavy (non-hydrogen) atoms. The Morgan fingerprint density at radius 1 is 1.07 bits per heavy atom. The Kier molecular flexibility index (Phi) is 6.98. The Hall–Kier alpha value is -2.38. The molecule has 0 heterocycles. The lowest BCUT2D eigenvalue weighted by atomic mass is 10.0. The standard InChI is InChI=1S/C20H26N2O4S/c1-15(2)13-19(20(21)23)22(14-16-7-5-4-6-8-16)27(24,25)18-11-9-17(26-3)10-12-18/h4-12,15,19H,13-14H2,1-3H3,(H2,21,23)/t19-/m0/s1. The zero-order valence-corrected chi connectivity index (χ0v) is 16.6. The topological polar surface area (TPSA) is 89.7 Å². The highest BCUT2D eigenvalue weighted by Gasteiger charge is 2.35. The number of hydrogen-bond donors (Lipinski definition) is 1. The largest absolute Gasteiger partial charge is 0.497 e. The van der Waals surface area contributed by atoms with Crippen molar-refractivity contribution in [2.24, 2.45) is 11.7 Å². The maximum absolute atomic E-state index is 13.3. The summed E-state index contributed by atoms with van der Waals surface area (Å²) in [6.45, 7) is 3.92. The highest BCUT2D eigenvalue weighted by atomic mass is 32.2. The van der Waals surface area contributed by atoms with Crippen LogP contribution in [-0.2, 0) is 21.4 Å². The van der Waals surface area contributed by atoms with Gasteiger partial charge in [0, 0.05) is 6.54 Å². The number of carbonyl (C=O) groups is 1. The number of carbonyl (C=O) groups excluding carboxylic acids is 1. The summed E-state index contributed by atoms with van der Waals surface area (Å²) in [5.74, 6) is 0.000694. The van der Waals surface area contributed by atoms with E-state index in [-0.39, 0.29) is 17.4 Å². The number of benzene rings is 2.